The van der Waals surface area contributed by atoms with Gasteiger partial charge in [0, 0.05) is 0 Å². The van der Waals surface area contributed by atoms with Crippen molar-refractivity contribution >= 4 is 25.0 Å². The molecule has 0 aromatic carbocycles. The van der Waals surface area contributed by atoms with Crippen molar-refractivity contribution in [1.29, 1.82) is 0 Å². The SMILES string of the molecule is O=C(O)c1ccc(N2CCCCC2)[se]1. The molecule has 1 aliphatic heterocycles. The van der Waals surface area contributed by atoms with Crippen molar-refractivity contribution < 1.29 is 9.90 Å². The molecule has 1 aliphatic rings. The van der Waals surface area contributed by atoms with Crippen LogP contribution in [0.1, 0.15) is 28.5 Å². The number of carboxylic acids is 1. The summed E-state index contributed by atoms with van der Waals surface area (Å²) in [5.41, 5.74) is 0. The van der Waals surface area contributed by atoms with Crippen molar-refractivity contribution in [1.82, 2.24) is 0 Å². The monoisotopic (exact) mass is 259 g/mol. The first-order chi connectivity index (χ1) is 6.77. The summed E-state index contributed by atoms with van der Waals surface area (Å²) in [7, 11) is 0. The van der Waals surface area contributed by atoms with E-state index in [-0.39, 0.29) is 14.5 Å². The summed E-state index contributed by atoms with van der Waals surface area (Å²) in [6.45, 7) is 2.21. The molecule has 1 fully saturated rings. The zero-order chi connectivity index (χ0) is 9.97. The van der Waals surface area contributed by atoms with E-state index in [1.807, 2.05) is 6.07 Å². The number of nitrogens with zero attached hydrogens (tertiary/aromatic N) is 1. The number of hydrogen-bond donors (Lipinski definition) is 1. The predicted octanol–water partition coefficient (Wildman–Crippen LogP) is 1.43. The second kappa shape index (κ2) is 4.20. The van der Waals surface area contributed by atoms with E-state index in [0.29, 0.717) is 4.44 Å². The normalized spacial score (nSPS) is 17.0. The Morgan fingerprint density at radius 2 is 2.00 bits per heavy atom. The average molecular weight is 258 g/mol. The number of carboxylic acid groups (broad SMARTS) is 1. The predicted molar refractivity (Wildman–Crippen MR) is 56.4 cm³/mol. The summed E-state index contributed by atoms with van der Waals surface area (Å²) in [4.78, 5) is 13.1. The van der Waals surface area contributed by atoms with Crippen LogP contribution >= 0.6 is 0 Å². The zero-order valence-corrected chi connectivity index (χ0v) is 9.61. The molecule has 0 saturated carbocycles. The van der Waals surface area contributed by atoms with Gasteiger partial charge in [-0.2, -0.15) is 0 Å². The van der Waals surface area contributed by atoms with E-state index in [2.05, 4.69) is 4.90 Å². The molecule has 0 bridgehead atoms. The molecule has 3 nitrogen and oxygen atoms in total. The van der Waals surface area contributed by atoms with Crippen LogP contribution in [0, 0.1) is 0 Å². The summed E-state index contributed by atoms with van der Waals surface area (Å²) < 4.78 is 1.83. The van der Waals surface area contributed by atoms with Gasteiger partial charge in [-0.1, -0.05) is 0 Å². The van der Waals surface area contributed by atoms with Crippen LogP contribution in [-0.2, 0) is 0 Å². The van der Waals surface area contributed by atoms with E-state index in [0.717, 1.165) is 13.1 Å². The average Bonchev–Trinajstić information content (AvgIpc) is 2.68. The fourth-order valence-corrected chi connectivity index (χ4v) is 3.61. The molecular formula is C10H13NO2Se. The van der Waals surface area contributed by atoms with Gasteiger partial charge in [-0.3, -0.25) is 0 Å². The third-order valence-electron chi connectivity index (χ3n) is 2.47. The molecule has 1 N–H and O–H groups in total. The Bertz CT molecular complexity index is 329. The Hall–Kier alpha value is -0.731. The molecule has 76 valence electrons. The molecule has 0 spiro atoms. The molecule has 14 heavy (non-hydrogen) atoms. The van der Waals surface area contributed by atoms with E-state index >= 15 is 0 Å². The van der Waals surface area contributed by atoms with Crippen molar-refractivity contribution in [2.24, 2.45) is 0 Å². The van der Waals surface area contributed by atoms with Gasteiger partial charge in [-0.05, 0) is 0 Å². The van der Waals surface area contributed by atoms with Crippen molar-refractivity contribution in [3.8, 4) is 0 Å². The summed E-state index contributed by atoms with van der Waals surface area (Å²) >= 11 is 0.0309. The molecule has 0 amide bonds. The first-order valence-electron chi connectivity index (χ1n) is 4.85. The van der Waals surface area contributed by atoms with Crippen molar-refractivity contribution in [3.63, 3.8) is 0 Å². The van der Waals surface area contributed by atoms with Gasteiger partial charge in [0.25, 0.3) is 0 Å². The Morgan fingerprint density at radius 3 is 2.57 bits per heavy atom. The summed E-state index contributed by atoms with van der Waals surface area (Å²) in [5, 5.41) is 8.82. The zero-order valence-electron chi connectivity index (χ0n) is 7.90. The van der Waals surface area contributed by atoms with Gasteiger partial charge < -0.3 is 0 Å². The van der Waals surface area contributed by atoms with Gasteiger partial charge in [0.1, 0.15) is 0 Å². The van der Waals surface area contributed by atoms with Crippen molar-refractivity contribution in [2.75, 3.05) is 18.0 Å². The quantitative estimate of drug-likeness (QED) is 0.816. The molecule has 0 radical (unpaired) electrons. The number of hydrogen-bond acceptors (Lipinski definition) is 2. The van der Waals surface area contributed by atoms with Gasteiger partial charge in [0.2, 0.25) is 0 Å². The first-order valence-corrected chi connectivity index (χ1v) is 6.57. The molecule has 0 aliphatic carbocycles. The molecule has 2 rings (SSSR count). The second-order valence-corrected chi connectivity index (χ2v) is 5.72. The Balaban J connectivity index is 2.11. The minimum atomic E-state index is -0.756. The van der Waals surface area contributed by atoms with Crippen LogP contribution in [0.25, 0.3) is 0 Å². The van der Waals surface area contributed by atoms with Crippen LogP contribution < -0.4 is 4.90 Å². The van der Waals surface area contributed by atoms with Gasteiger partial charge in [0.15, 0.2) is 0 Å². The van der Waals surface area contributed by atoms with Crippen LogP contribution in [0.4, 0.5) is 4.56 Å². The third kappa shape index (κ3) is 2.02. The standard InChI is InChI=1S/C10H13NO2Se/c12-10(13)8-4-5-9(14-8)11-6-2-1-3-7-11/h4-5H,1-3,6-7H2,(H,12,13). The fourth-order valence-electron chi connectivity index (χ4n) is 1.73. The summed E-state index contributed by atoms with van der Waals surface area (Å²) in [6.07, 6.45) is 3.81. The summed E-state index contributed by atoms with van der Waals surface area (Å²) in [5.74, 6) is -0.756. The van der Waals surface area contributed by atoms with E-state index in [9.17, 15) is 4.79 Å². The maximum absolute atomic E-state index is 10.7. The number of piperidine rings is 1. The molecule has 0 unspecified atom stereocenters. The van der Waals surface area contributed by atoms with Crippen LogP contribution in [0.15, 0.2) is 12.1 Å². The molecule has 1 saturated heterocycles. The minimum absolute atomic E-state index is 0.0309. The summed E-state index contributed by atoms with van der Waals surface area (Å²) in [6, 6.07) is 3.74. The Kier molecular flexibility index (Phi) is 2.94. The van der Waals surface area contributed by atoms with Gasteiger partial charge in [-0.25, -0.2) is 0 Å². The van der Waals surface area contributed by atoms with Crippen LogP contribution in [0.2, 0.25) is 0 Å². The molecular weight excluding hydrogens is 245 g/mol. The Morgan fingerprint density at radius 1 is 1.29 bits per heavy atom. The number of carbonyl (C=O) groups is 1. The van der Waals surface area contributed by atoms with Crippen LogP contribution in [0.5, 0.6) is 0 Å². The number of rotatable bonds is 2. The third-order valence-corrected chi connectivity index (χ3v) is 4.85. The number of aromatic carboxylic acids is 1. The van der Waals surface area contributed by atoms with E-state index in [1.165, 1.54) is 23.8 Å². The molecule has 1 aromatic rings. The van der Waals surface area contributed by atoms with Crippen molar-refractivity contribution in [3.05, 3.63) is 16.6 Å². The van der Waals surface area contributed by atoms with Crippen LogP contribution in [-0.4, -0.2) is 38.7 Å². The van der Waals surface area contributed by atoms with E-state index in [1.54, 1.807) is 6.07 Å². The van der Waals surface area contributed by atoms with Gasteiger partial charge >= 0.3 is 88.8 Å². The number of anilines is 1. The first kappa shape index (κ1) is 9.81. The Labute approximate surface area is 89.1 Å². The molecule has 1 aromatic heterocycles. The molecule has 0 atom stereocenters. The molecule has 2 heterocycles. The maximum atomic E-state index is 10.7. The fraction of sp³-hybridized carbons (Fsp3) is 0.500. The van der Waals surface area contributed by atoms with E-state index < -0.39 is 5.97 Å². The van der Waals surface area contributed by atoms with Gasteiger partial charge in [-0.15, -0.1) is 0 Å². The topological polar surface area (TPSA) is 40.5 Å². The van der Waals surface area contributed by atoms with Crippen LogP contribution in [0.3, 0.4) is 0 Å². The van der Waals surface area contributed by atoms with Gasteiger partial charge in [0.05, 0.1) is 0 Å². The second-order valence-electron chi connectivity index (χ2n) is 3.49. The van der Waals surface area contributed by atoms with E-state index in [4.69, 9.17) is 5.11 Å². The van der Waals surface area contributed by atoms with Crippen molar-refractivity contribution in [2.45, 2.75) is 19.3 Å². The molecule has 4 heteroatoms.